The fraction of sp³-hybridized carbons (Fsp3) is 0.759. The maximum Gasteiger partial charge on any atom is 0.326 e. The fourth-order valence-corrected chi connectivity index (χ4v) is 5.61. The maximum absolute atomic E-state index is 12.9. The SMILES string of the molecule is CC1CCC(C)N1C(=O)NC(CCN(CCCCc1ccc2c(n1)NCCC2)CCOC1(C)CC1)C(=O)O. The third-order valence-electron chi connectivity index (χ3n) is 8.44. The molecular weight excluding hydrogens is 482 g/mol. The van der Waals surface area contributed by atoms with Gasteiger partial charge in [0, 0.05) is 37.4 Å². The van der Waals surface area contributed by atoms with E-state index in [-0.39, 0.29) is 23.7 Å². The lowest BCUT2D eigenvalue weighted by atomic mass is 10.1. The number of rotatable bonds is 14. The largest absolute Gasteiger partial charge is 0.480 e. The minimum Gasteiger partial charge on any atom is -0.480 e. The number of hydrogen-bond donors (Lipinski definition) is 3. The zero-order chi connectivity index (χ0) is 27.1. The Labute approximate surface area is 227 Å². The summed E-state index contributed by atoms with van der Waals surface area (Å²) in [5, 5.41) is 16.0. The van der Waals surface area contributed by atoms with E-state index >= 15 is 0 Å². The van der Waals surface area contributed by atoms with E-state index in [2.05, 4.69) is 34.6 Å². The molecule has 3 aliphatic rings. The van der Waals surface area contributed by atoms with Crippen LogP contribution >= 0.6 is 0 Å². The average Bonchev–Trinajstić information content (AvgIpc) is 3.53. The lowest BCUT2D eigenvalue weighted by molar-refractivity contribution is -0.139. The highest BCUT2D eigenvalue weighted by molar-refractivity contribution is 5.83. The highest BCUT2D eigenvalue weighted by Gasteiger charge is 2.38. The predicted molar refractivity (Wildman–Crippen MR) is 149 cm³/mol. The Hall–Kier alpha value is -2.39. The average molecular weight is 530 g/mol. The van der Waals surface area contributed by atoms with E-state index in [1.807, 2.05) is 13.8 Å². The Bertz CT molecular complexity index is 943. The molecule has 1 aromatic rings. The fourth-order valence-electron chi connectivity index (χ4n) is 5.61. The zero-order valence-electron chi connectivity index (χ0n) is 23.5. The van der Waals surface area contributed by atoms with Gasteiger partial charge in [0.2, 0.25) is 0 Å². The van der Waals surface area contributed by atoms with Crippen molar-refractivity contribution in [1.29, 1.82) is 0 Å². The number of nitrogens with one attached hydrogen (secondary N) is 2. The normalized spacial score (nSPS) is 22.6. The van der Waals surface area contributed by atoms with E-state index in [9.17, 15) is 14.7 Å². The molecule has 9 heteroatoms. The maximum atomic E-state index is 12.9. The van der Waals surface area contributed by atoms with Gasteiger partial charge in [-0.3, -0.25) is 0 Å². The van der Waals surface area contributed by atoms with Crippen LogP contribution in [0.15, 0.2) is 12.1 Å². The molecule has 3 N–H and O–H groups in total. The lowest BCUT2D eigenvalue weighted by Crippen LogP contribution is -2.51. The summed E-state index contributed by atoms with van der Waals surface area (Å²) < 4.78 is 6.06. The number of carbonyl (C=O) groups excluding carboxylic acids is 1. The van der Waals surface area contributed by atoms with E-state index in [0.29, 0.717) is 19.6 Å². The molecule has 1 aliphatic carbocycles. The molecule has 3 atom stereocenters. The van der Waals surface area contributed by atoms with Crippen molar-refractivity contribution in [3.05, 3.63) is 23.4 Å². The van der Waals surface area contributed by atoms with E-state index in [4.69, 9.17) is 9.72 Å². The Morgan fingerprint density at radius 2 is 1.97 bits per heavy atom. The number of hydrogen-bond acceptors (Lipinski definition) is 6. The Morgan fingerprint density at radius 1 is 1.21 bits per heavy atom. The number of aryl methyl sites for hydroxylation is 2. The number of likely N-dealkylation sites (tertiary alicyclic amines) is 1. The van der Waals surface area contributed by atoms with Crippen molar-refractivity contribution in [3.63, 3.8) is 0 Å². The van der Waals surface area contributed by atoms with Crippen molar-refractivity contribution in [2.75, 3.05) is 38.1 Å². The molecule has 9 nitrogen and oxygen atoms in total. The number of fused-ring (bicyclic) bond motifs is 1. The van der Waals surface area contributed by atoms with Crippen LogP contribution in [-0.4, -0.2) is 88.4 Å². The summed E-state index contributed by atoms with van der Waals surface area (Å²) in [7, 11) is 0. The van der Waals surface area contributed by atoms with Gasteiger partial charge in [-0.05, 0) is 103 Å². The summed E-state index contributed by atoms with van der Waals surface area (Å²) in [4.78, 5) is 33.8. The Morgan fingerprint density at radius 3 is 2.68 bits per heavy atom. The smallest absolute Gasteiger partial charge is 0.326 e. The van der Waals surface area contributed by atoms with Crippen molar-refractivity contribution in [2.45, 2.75) is 109 Å². The van der Waals surface area contributed by atoms with Gasteiger partial charge in [-0.15, -0.1) is 0 Å². The summed E-state index contributed by atoms with van der Waals surface area (Å²) in [6.07, 6.45) is 9.69. The molecule has 0 bridgehead atoms. The van der Waals surface area contributed by atoms with Gasteiger partial charge in [-0.2, -0.15) is 0 Å². The Kier molecular flexibility index (Phi) is 9.87. The summed E-state index contributed by atoms with van der Waals surface area (Å²) in [5.41, 5.74) is 2.45. The third-order valence-corrected chi connectivity index (χ3v) is 8.44. The number of ether oxygens (including phenoxy) is 1. The van der Waals surface area contributed by atoms with Crippen molar-refractivity contribution >= 4 is 17.8 Å². The summed E-state index contributed by atoms with van der Waals surface area (Å²) >= 11 is 0. The van der Waals surface area contributed by atoms with Gasteiger partial charge in [0.05, 0.1) is 12.2 Å². The number of pyridine rings is 1. The Balaban J connectivity index is 1.26. The highest BCUT2D eigenvalue weighted by atomic mass is 16.5. The molecule has 2 fully saturated rings. The molecule has 1 saturated carbocycles. The molecule has 0 aromatic carbocycles. The molecule has 1 saturated heterocycles. The second-order valence-corrected chi connectivity index (χ2v) is 11.7. The summed E-state index contributed by atoms with van der Waals surface area (Å²) in [6, 6.07) is 3.46. The highest BCUT2D eigenvalue weighted by Crippen LogP contribution is 2.38. The number of nitrogens with zero attached hydrogens (tertiary/aromatic N) is 3. The number of carboxylic acids is 1. The molecule has 212 valence electrons. The van der Waals surface area contributed by atoms with E-state index in [0.717, 1.165) is 88.9 Å². The van der Waals surface area contributed by atoms with Gasteiger partial charge >= 0.3 is 12.0 Å². The minimum absolute atomic E-state index is 0.0263. The standard InChI is InChI=1S/C29H47N5O4/c1-21-9-10-22(2)34(21)28(37)32-25(27(35)36)13-18-33(19-20-38-29(3)14-15-29)17-5-4-8-24-12-11-23-7-6-16-30-26(23)31-24/h11-12,21-22,25H,4-10,13-20H2,1-3H3,(H,30,31)(H,32,37)(H,35,36). The molecule has 4 rings (SSSR count). The number of carbonyl (C=O) groups is 2. The monoisotopic (exact) mass is 529 g/mol. The number of aliphatic carboxylic acids is 1. The zero-order valence-corrected chi connectivity index (χ0v) is 23.5. The van der Waals surface area contributed by atoms with Crippen LogP contribution in [0, 0.1) is 0 Å². The van der Waals surface area contributed by atoms with Crippen LogP contribution in [0.3, 0.4) is 0 Å². The van der Waals surface area contributed by atoms with Crippen LogP contribution in [-0.2, 0) is 22.4 Å². The van der Waals surface area contributed by atoms with Crippen LogP contribution < -0.4 is 10.6 Å². The number of aromatic nitrogens is 1. The molecule has 1 aromatic heterocycles. The van der Waals surface area contributed by atoms with Crippen molar-refractivity contribution < 1.29 is 19.4 Å². The molecule has 3 heterocycles. The molecule has 0 spiro atoms. The van der Waals surface area contributed by atoms with Crippen molar-refractivity contribution in [1.82, 2.24) is 20.1 Å². The van der Waals surface area contributed by atoms with Gasteiger partial charge in [0.15, 0.2) is 0 Å². The summed E-state index contributed by atoms with van der Waals surface area (Å²) in [5.74, 6) is 0.0622. The van der Waals surface area contributed by atoms with E-state index in [1.54, 1.807) is 4.90 Å². The van der Waals surface area contributed by atoms with Gasteiger partial charge in [-0.25, -0.2) is 14.6 Å². The second kappa shape index (κ2) is 13.1. The quantitative estimate of drug-likeness (QED) is 0.312. The van der Waals surface area contributed by atoms with Crippen LogP contribution in [0.1, 0.15) is 83.4 Å². The number of amides is 2. The summed E-state index contributed by atoms with van der Waals surface area (Å²) in [6.45, 7) is 10.1. The molecular formula is C29H47N5O4. The van der Waals surface area contributed by atoms with Crippen LogP contribution in [0.25, 0.3) is 0 Å². The molecule has 38 heavy (non-hydrogen) atoms. The minimum atomic E-state index is -0.980. The number of unbranched alkanes of at least 4 members (excludes halogenated alkanes) is 1. The van der Waals surface area contributed by atoms with Gasteiger partial charge in [-0.1, -0.05) is 6.07 Å². The second-order valence-electron chi connectivity index (χ2n) is 11.7. The van der Waals surface area contributed by atoms with Crippen molar-refractivity contribution in [2.24, 2.45) is 0 Å². The van der Waals surface area contributed by atoms with Crippen LogP contribution in [0.4, 0.5) is 10.6 Å². The predicted octanol–water partition coefficient (Wildman–Crippen LogP) is 4.06. The van der Waals surface area contributed by atoms with Gasteiger partial charge in [0.1, 0.15) is 11.9 Å². The number of urea groups is 1. The first-order valence-corrected chi connectivity index (χ1v) is 14.6. The molecule has 2 amide bonds. The number of carboxylic acid groups (broad SMARTS) is 1. The first-order chi connectivity index (χ1) is 18.2. The molecule has 3 unspecified atom stereocenters. The molecule has 0 radical (unpaired) electrons. The lowest BCUT2D eigenvalue weighted by Gasteiger charge is -2.29. The van der Waals surface area contributed by atoms with Gasteiger partial charge in [0.25, 0.3) is 0 Å². The van der Waals surface area contributed by atoms with Crippen molar-refractivity contribution in [3.8, 4) is 0 Å². The van der Waals surface area contributed by atoms with E-state index in [1.165, 1.54) is 5.56 Å². The molecule has 2 aliphatic heterocycles. The number of anilines is 1. The van der Waals surface area contributed by atoms with E-state index < -0.39 is 12.0 Å². The first-order valence-electron chi connectivity index (χ1n) is 14.6. The third kappa shape index (κ3) is 8.06. The van der Waals surface area contributed by atoms with Crippen LogP contribution in [0.2, 0.25) is 0 Å². The van der Waals surface area contributed by atoms with Gasteiger partial charge < -0.3 is 30.3 Å². The van der Waals surface area contributed by atoms with Crippen LogP contribution in [0.5, 0.6) is 0 Å². The first kappa shape index (κ1) is 28.6. The topological polar surface area (TPSA) is 107 Å².